The molecule has 0 spiro atoms. The molecular weight excluding hydrogens is 342 g/mol. The fourth-order valence-electron chi connectivity index (χ4n) is 3.01. The Morgan fingerprint density at radius 2 is 1.31 bits per heavy atom. The van der Waals surface area contributed by atoms with E-state index in [1.54, 1.807) is 14.7 Å². The smallest absolute Gasteiger partial charge is 0.320 e. The summed E-state index contributed by atoms with van der Waals surface area (Å²) >= 11 is 0. The van der Waals surface area contributed by atoms with E-state index in [0.29, 0.717) is 52.1 Å². The Bertz CT molecular complexity index is 497. The number of rotatable bonds is 9. The minimum Gasteiger partial charge on any atom is -0.480 e. The standard InChI is InChI=1S/C17H29N3O6/c1-13(2)3-4-14(17(25)26)20-9-7-18(11-15(21)22)5-6-19(8-10-20)12-16(23)24/h14H,1,3-12H2,2H3,(H,21,22)(H,23,24)(H,25,26). The third-order valence-electron chi connectivity index (χ3n) is 4.43. The van der Waals surface area contributed by atoms with Gasteiger partial charge in [0.2, 0.25) is 0 Å². The monoisotopic (exact) mass is 371 g/mol. The Labute approximate surface area is 153 Å². The first kappa shape index (κ1) is 22.1. The molecule has 0 amide bonds. The van der Waals surface area contributed by atoms with Gasteiger partial charge in [0.1, 0.15) is 6.04 Å². The highest BCUT2D eigenvalue weighted by Crippen LogP contribution is 2.13. The fraction of sp³-hybridized carbons (Fsp3) is 0.706. The average Bonchev–Trinajstić information content (AvgIpc) is 2.59. The molecule has 0 aromatic rings. The van der Waals surface area contributed by atoms with Crippen molar-refractivity contribution in [3.8, 4) is 0 Å². The molecule has 148 valence electrons. The molecule has 9 nitrogen and oxygen atoms in total. The summed E-state index contributed by atoms with van der Waals surface area (Å²) in [6, 6.07) is -0.705. The number of nitrogens with zero attached hydrogens (tertiary/aromatic N) is 3. The summed E-state index contributed by atoms with van der Waals surface area (Å²) in [6.07, 6.45) is 1.01. The summed E-state index contributed by atoms with van der Waals surface area (Å²) in [6.45, 7) is 7.88. The lowest BCUT2D eigenvalue weighted by molar-refractivity contribution is -0.144. The van der Waals surface area contributed by atoms with Crippen molar-refractivity contribution in [3.63, 3.8) is 0 Å². The predicted octanol–water partition coefficient (Wildman–Crippen LogP) is -0.115. The maximum absolute atomic E-state index is 11.7. The summed E-state index contributed by atoms with van der Waals surface area (Å²) in [5.74, 6) is -2.85. The van der Waals surface area contributed by atoms with Gasteiger partial charge < -0.3 is 15.3 Å². The van der Waals surface area contributed by atoms with Crippen LogP contribution in [0.3, 0.4) is 0 Å². The first-order valence-electron chi connectivity index (χ1n) is 8.68. The molecule has 1 fully saturated rings. The average molecular weight is 371 g/mol. The van der Waals surface area contributed by atoms with Crippen molar-refractivity contribution >= 4 is 17.9 Å². The summed E-state index contributed by atoms with van der Waals surface area (Å²) in [5, 5.41) is 27.7. The normalized spacial score (nSPS) is 19.1. The maximum Gasteiger partial charge on any atom is 0.320 e. The van der Waals surface area contributed by atoms with Crippen molar-refractivity contribution in [1.29, 1.82) is 0 Å². The van der Waals surface area contributed by atoms with Gasteiger partial charge in [-0.3, -0.25) is 29.1 Å². The Morgan fingerprint density at radius 3 is 1.65 bits per heavy atom. The van der Waals surface area contributed by atoms with Crippen LogP contribution in [0.5, 0.6) is 0 Å². The van der Waals surface area contributed by atoms with Gasteiger partial charge in [-0.2, -0.15) is 0 Å². The lowest BCUT2D eigenvalue weighted by atomic mass is 10.1. The van der Waals surface area contributed by atoms with E-state index in [0.717, 1.165) is 5.57 Å². The second-order valence-corrected chi connectivity index (χ2v) is 6.73. The molecule has 1 rings (SSSR count). The van der Waals surface area contributed by atoms with Crippen LogP contribution in [0.4, 0.5) is 0 Å². The lowest BCUT2D eigenvalue weighted by Crippen LogP contribution is -2.47. The number of carboxylic acids is 3. The van der Waals surface area contributed by atoms with Crippen LogP contribution in [0, 0.1) is 0 Å². The van der Waals surface area contributed by atoms with Gasteiger partial charge in [-0.15, -0.1) is 6.58 Å². The highest BCUT2D eigenvalue weighted by molar-refractivity contribution is 5.73. The molecule has 0 aromatic heterocycles. The topological polar surface area (TPSA) is 122 Å². The zero-order valence-electron chi connectivity index (χ0n) is 15.3. The molecule has 3 N–H and O–H groups in total. The Hall–Kier alpha value is -1.97. The van der Waals surface area contributed by atoms with Crippen molar-refractivity contribution in [2.45, 2.75) is 25.8 Å². The van der Waals surface area contributed by atoms with E-state index in [1.807, 2.05) is 6.92 Å². The maximum atomic E-state index is 11.7. The molecule has 1 heterocycles. The number of allylic oxidation sites excluding steroid dienone is 1. The van der Waals surface area contributed by atoms with Crippen molar-refractivity contribution in [3.05, 3.63) is 12.2 Å². The van der Waals surface area contributed by atoms with Gasteiger partial charge in [0, 0.05) is 39.3 Å². The molecule has 9 heteroatoms. The van der Waals surface area contributed by atoms with Crippen LogP contribution >= 0.6 is 0 Å². The lowest BCUT2D eigenvalue weighted by Gasteiger charge is -2.30. The minimum absolute atomic E-state index is 0.155. The highest BCUT2D eigenvalue weighted by Gasteiger charge is 2.27. The van der Waals surface area contributed by atoms with E-state index < -0.39 is 23.9 Å². The molecule has 26 heavy (non-hydrogen) atoms. The van der Waals surface area contributed by atoms with Crippen LogP contribution in [0.2, 0.25) is 0 Å². The zero-order chi connectivity index (χ0) is 19.7. The van der Waals surface area contributed by atoms with Gasteiger partial charge >= 0.3 is 17.9 Å². The summed E-state index contributed by atoms with van der Waals surface area (Å²) < 4.78 is 0. The first-order valence-corrected chi connectivity index (χ1v) is 8.68. The molecule has 0 bridgehead atoms. The van der Waals surface area contributed by atoms with Gasteiger partial charge in [-0.1, -0.05) is 5.57 Å². The third-order valence-corrected chi connectivity index (χ3v) is 4.43. The minimum atomic E-state index is -0.961. The molecular formula is C17H29N3O6. The Morgan fingerprint density at radius 1 is 0.885 bits per heavy atom. The van der Waals surface area contributed by atoms with Crippen LogP contribution in [-0.4, -0.2) is 106 Å². The molecule has 1 aliphatic heterocycles. The summed E-state index contributed by atoms with van der Waals surface area (Å²) in [5.41, 5.74) is 0.903. The van der Waals surface area contributed by atoms with E-state index in [-0.39, 0.29) is 13.1 Å². The van der Waals surface area contributed by atoms with Gasteiger partial charge in [0.05, 0.1) is 13.1 Å². The van der Waals surface area contributed by atoms with E-state index in [9.17, 15) is 19.5 Å². The molecule has 1 aliphatic rings. The van der Waals surface area contributed by atoms with Gasteiger partial charge in [-0.05, 0) is 19.8 Å². The van der Waals surface area contributed by atoms with E-state index in [1.165, 1.54) is 0 Å². The number of hydrogen-bond acceptors (Lipinski definition) is 6. The van der Waals surface area contributed by atoms with Crippen LogP contribution in [-0.2, 0) is 14.4 Å². The zero-order valence-corrected chi connectivity index (χ0v) is 15.3. The van der Waals surface area contributed by atoms with Crippen LogP contribution in [0.1, 0.15) is 19.8 Å². The van der Waals surface area contributed by atoms with E-state index in [2.05, 4.69) is 6.58 Å². The van der Waals surface area contributed by atoms with Crippen LogP contribution in [0.25, 0.3) is 0 Å². The Balaban J connectivity index is 2.90. The second-order valence-electron chi connectivity index (χ2n) is 6.73. The molecule has 0 aliphatic carbocycles. The number of carboxylic acid groups (broad SMARTS) is 3. The summed E-state index contributed by atoms with van der Waals surface area (Å²) in [4.78, 5) is 39.1. The van der Waals surface area contributed by atoms with Crippen molar-refractivity contribution in [2.75, 3.05) is 52.4 Å². The van der Waals surface area contributed by atoms with Crippen molar-refractivity contribution < 1.29 is 29.7 Å². The molecule has 0 saturated carbocycles. The molecule has 1 atom stereocenters. The number of aliphatic carboxylic acids is 3. The van der Waals surface area contributed by atoms with Crippen LogP contribution in [0.15, 0.2) is 12.2 Å². The van der Waals surface area contributed by atoms with Crippen molar-refractivity contribution in [2.24, 2.45) is 0 Å². The van der Waals surface area contributed by atoms with Gasteiger partial charge in [0.15, 0.2) is 0 Å². The molecule has 1 saturated heterocycles. The van der Waals surface area contributed by atoms with E-state index >= 15 is 0 Å². The molecule has 1 unspecified atom stereocenters. The highest BCUT2D eigenvalue weighted by atomic mass is 16.4. The quantitative estimate of drug-likeness (QED) is 0.476. The van der Waals surface area contributed by atoms with E-state index in [4.69, 9.17) is 10.2 Å². The summed E-state index contributed by atoms with van der Waals surface area (Å²) in [7, 11) is 0. The van der Waals surface area contributed by atoms with Gasteiger partial charge in [0.25, 0.3) is 0 Å². The number of hydrogen-bond donors (Lipinski definition) is 3. The predicted molar refractivity (Wildman–Crippen MR) is 95.2 cm³/mol. The SMILES string of the molecule is C=C(C)CCC(C(=O)O)N1CCN(CC(=O)O)CCN(CC(=O)O)CC1. The largest absolute Gasteiger partial charge is 0.480 e. The Kier molecular flexibility index (Phi) is 9.25. The van der Waals surface area contributed by atoms with Crippen LogP contribution < -0.4 is 0 Å². The fourth-order valence-corrected chi connectivity index (χ4v) is 3.01. The second kappa shape index (κ2) is 10.9. The molecule has 0 aromatic carbocycles. The molecule has 0 radical (unpaired) electrons. The third kappa shape index (κ3) is 8.41. The number of carbonyl (C=O) groups is 3. The van der Waals surface area contributed by atoms with Gasteiger partial charge in [-0.25, -0.2) is 0 Å². The first-order chi connectivity index (χ1) is 12.2. The van der Waals surface area contributed by atoms with Crippen molar-refractivity contribution in [1.82, 2.24) is 14.7 Å².